The van der Waals surface area contributed by atoms with E-state index in [-0.39, 0.29) is 6.03 Å². The molecule has 1 fully saturated rings. The number of nitrogens with zero attached hydrogens (tertiary/aromatic N) is 1. The van der Waals surface area contributed by atoms with Crippen LogP contribution in [0.15, 0.2) is 30.3 Å². The number of hydrogen-bond acceptors (Lipinski definition) is 1. The third-order valence-corrected chi connectivity index (χ3v) is 3.39. The molecular weight excluding hydrogens is 212 g/mol. The van der Waals surface area contributed by atoms with Crippen LogP contribution >= 0.6 is 0 Å². The topological polar surface area (TPSA) is 36.9 Å². The minimum absolute atomic E-state index is 0.0168. The smallest absolute Gasteiger partial charge is 0.394 e. The summed E-state index contributed by atoms with van der Waals surface area (Å²) in [5.74, 6) is 0. The van der Waals surface area contributed by atoms with Gasteiger partial charge < -0.3 is 5.32 Å². The molecule has 1 aliphatic rings. The van der Waals surface area contributed by atoms with Crippen molar-refractivity contribution in [2.45, 2.75) is 38.1 Å². The first-order valence-electron chi connectivity index (χ1n) is 6.33. The minimum atomic E-state index is 0.0168. The number of primary amides is 1. The van der Waals surface area contributed by atoms with Crippen molar-refractivity contribution in [3.05, 3.63) is 37.4 Å². The fraction of sp³-hybridized carbons (Fsp3) is 0.429. The summed E-state index contributed by atoms with van der Waals surface area (Å²) in [6.07, 6.45) is 5.95. The van der Waals surface area contributed by atoms with Gasteiger partial charge in [0.1, 0.15) is 0 Å². The molecule has 0 bridgehead atoms. The summed E-state index contributed by atoms with van der Waals surface area (Å²) in [6, 6.07) is 10.3. The molecule has 0 spiro atoms. The SMILES string of the molecule is [CH2-][NH2+]C(=O)N(c1ccccc1)C1CCCCC1. The maximum Gasteiger partial charge on any atom is 0.394 e. The first-order chi connectivity index (χ1) is 8.33. The maximum absolute atomic E-state index is 12.0. The Hall–Kier alpha value is -1.35. The second kappa shape index (κ2) is 5.82. The van der Waals surface area contributed by atoms with E-state index >= 15 is 0 Å². The second-order valence-electron chi connectivity index (χ2n) is 4.54. The Bertz CT molecular complexity index is 358. The lowest BCUT2D eigenvalue weighted by Crippen LogP contribution is -2.85. The number of amides is 2. The fourth-order valence-corrected chi connectivity index (χ4v) is 2.54. The molecule has 0 radical (unpaired) electrons. The number of anilines is 1. The number of rotatable bonds is 2. The Morgan fingerprint density at radius 2 is 1.82 bits per heavy atom. The number of nitrogens with two attached hydrogens (primary N) is 1. The van der Waals surface area contributed by atoms with Crippen LogP contribution in [-0.4, -0.2) is 12.1 Å². The molecule has 1 aromatic rings. The van der Waals surface area contributed by atoms with Crippen molar-refractivity contribution in [1.82, 2.24) is 0 Å². The van der Waals surface area contributed by atoms with E-state index in [4.69, 9.17) is 0 Å². The van der Waals surface area contributed by atoms with Gasteiger partial charge in [0, 0.05) is 11.7 Å². The highest BCUT2D eigenvalue weighted by atomic mass is 16.2. The molecule has 3 heteroatoms. The van der Waals surface area contributed by atoms with Gasteiger partial charge in [-0.3, -0.25) is 4.90 Å². The normalized spacial score (nSPS) is 16.8. The number of carbonyl (C=O) groups is 1. The summed E-state index contributed by atoms with van der Waals surface area (Å²) in [7, 11) is 3.61. The molecule has 0 heterocycles. The molecule has 17 heavy (non-hydrogen) atoms. The van der Waals surface area contributed by atoms with E-state index in [1.54, 1.807) is 0 Å². The number of para-hydroxylation sites is 1. The molecule has 0 saturated heterocycles. The van der Waals surface area contributed by atoms with Gasteiger partial charge in [-0.1, -0.05) is 37.5 Å². The predicted molar refractivity (Wildman–Crippen MR) is 68.5 cm³/mol. The zero-order valence-electron chi connectivity index (χ0n) is 10.1. The van der Waals surface area contributed by atoms with Gasteiger partial charge in [0.05, 0.1) is 0 Å². The lowest BCUT2D eigenvalue weighted by Gasteiger charge is -2.32. The van der Waals surface area contributed by atoms with E-state index in [0.29, 0.717) is 6.04 Å². The Balaban J connectivity index is 2.21. The average molecular weight is 232 g/mol. The maximum atomic E-state index is 12.0. The van der Waals surface area contributed by atoms with Gasteiger partial charge in [0.2, 0.25) is 0 Å². The molecule has 92 valence electrons. The summed E-state index contributed by atoms with van der Waals surface area (Å²) < 4.78 is 0. The summed E-state index contributed by atoms with van der Waals surface area (Å²) in [6.45, 7) is 0. The second-order valence-corrected chi connectivity index (χ2v) is 4.54. The summed E-state index contributed by atoms with van der Waals surface area (Å²) >= 11 is 0. The monoisotopic (exact) mass is 232 g/mol. The van der Waals surface area contributed by atoms with Crippen molar-refractivity contribution in [3.63, 3.8) is 0 Å². The van der Waals surface area contributed by atoms with E-state index in [1.807, 2.05) is 35.2 Å². The molecular formula is C14H20N2O. The minimum Gasteiger partial charge on any atom is -0.394 e. The molecule has 0 aromatic heterocycles. The quantitative estimate of drug-likeness (QED) is 0.780. The van der Waals surface area contributed by atoms with Crippen LogP contribution in [0.2, 0.25) is 0 Å². The first-order valence-corrected chi connectivity index (χ1v) is 6.33. The van der Waals surface area contributed by atoms with Crippen LogP contribution in [0.3, 0.4) is 0 Å². The molecule has 0 unspecified atom stereocenters. The van der Waals surface area contributed by atoms with Crippen LogP contribution in [-0.2, 0) is 0 Å². The number of benzene rings is 1. The van der Waals surface area contributed by atoms with Gasteiger partial charge in [0.25, 0.3) is 0 Å². The lowest BCUT2D eigenvalue weighted by atomic mass is 9.94. The van der Waals surface area contributed by atoms with Crippen molar-refractivity contribution in [1.29, 1.82) is 0 Å². The van der Waals surface area contributed by atoms with E-state index in [0.717, 1.165) is 18.5 Å². The first kappa shape index (κ1) is 12.1. The van der Waals surface area contributed by atoms with Gasteiger partial charge in [-0.15, -0.1) is 7.05 Å². The molecule has 0 atom stereocenters. The Labute approximate surface area is 103 Å². The molecule has 2 amide bonds. The summed E-state index contributed by atoms with van der Waals surface area (Å²) in [5, 5.41) is 1.42. The molecule has 3 nitrogen and oxygen atoms in total. The highest BCUT2D eigenvalue weighted by Crippen LogP contribution is 2.26. The average Bonchev–Trinajstić information content (AvgIpc) is 2.41. The highest BCUT2D eigenvalue weighted by Gasteiger charge is 2.27. The van der Waals surface area contributed by atoms with Crippen molar-refractivity contribution >= 4 is 11.7 Å². The lowest BCUT2D eigenvalue weighted by molar-refractivity contribution is -0.487. The fourth-order valence-electron chi connectivity index (χ4n) is 2.54. The van der Waals surface area contributed by atoms with Crippen LogP contribution in [0.25, 0.3) is 0 Å². The zero-order valence-corrected chi connectivity index (χ0v) is 10.1. The molecule has 2 N–H and O–H groups in total. The third kappa shape index (κ3) is 2.86. The predicted octanol–water partition coefficient (Wildman–Crippen LogP) is 2.30. The van der Waals surface area contributed by atoms with Crippen LogP contribution < -0.4 is 10.2 Å². The van der Waals surface area contributed by atoms with Crippen molar-refractivity contribution in [2.24, 2.45) is 0 Å². The van der Waals surface area contributed by atoms with Crippen molar-refractivity contribution < 1.29 is 10.1 Å². The molecule has 1 aromatic carbocycles. The number of quaternary nitrogens is 1. The molecule has 1 saturated carbocycles. The van der Waals surface area contributed by atoms with Crippen LogP contribution in [0, 0.1) is 7.05 Å². The van der Waals surface area contributed by atoms with Gasteiger partial charge in [-0.05, 0) is 25.0 Å². The van der Waals surface area contributed by atoms with Gasteiger partial charge in [0.15, 0.2) is 0 Å². The van der Waals surface area contributed by atoms with Gasteiger partial charge >= 0.3 is 6.03 Å². The van der Waals surface area contributed by atoms with E-state index in [9.17, 15) is 4.79 Å². The van der Waals surface area contributed by atoms with Gasteiger partial charge in [-0.25, -0.2) is 4.79 Å². The standard InChI is InChI=1S/C14H20N2O/c1-15-14(17)16(12-8-4-2-5-9-12)13-10-6-3-7-11-13/h2,4-5,8-9,13H,1,3,6-7,10-11,15H2. The number of hydrogen-bond donors (Lipinski definition) is 1. The van der Waals surface area contributed by atoms with Crippen LogP contribution in [0.4, 0.5) is 10.5 Å². The largest absolute Gasteiger partial charge is 0.394 e. The summed E-state index contributed by atoms with van der Waals surface area (Å²) in [5.41, 5.74) is 0.990. The summed E-state index contributed by atoms with van der Waals surface area (Å²) in [4.78, 5) is 13.9. The van der Waals surface area contributed by atoms with Crippen molar-refractivity contribution in [3.8, 4) is 0 Å². The Morgan fingerprint density at radius 3 is 2.41 bits per heavy atom. The van der Waals surface area contributed by atoms with Gasteiger partial charge in [-0.2, -0.15) is 0 Å². The third-order valence-electron chi connectivity index (χ3n) is 3.39. The van der Waals surface area contributed by atoms with E-state index < -0.39 is 0 Å². The Morgan fingerprint density at radius 1 is 1.18 bits per heavy atom. The molecule has 1 aliphatic carbocycles. The van der Waals surface area contributed by atoms with Crippen LogP contribution in [0.5, 0.6) is 0 Å². The highest BCUT2D eigenvalue weighted by molar-refractivity contribution is 5.85. The van der Waals surface area contributed by atoms with E-state index in [2.05, 4.69) is 7.05 Å². The van der Waals surface area contributed by atoms with Crippen LogP contribution in [0.1, 0.15) is 32.1 Å². The number of urea groups is 1. The van der Waals surface area contributed by atoms with Crippen molar-refractivity contribution in [2.75, 3.05) is 4.90 Å². The molecule has 2 rings (SSSR count). The zero-order chi connectivity index (χ0) is 12.1. The number of carbonyl (C=O) groups excluding carboxylic acids is 1. The van der Waals surface area contributed by atoms with E-state index in [1.165, 1.54) is 24.6 Å². The molecule has 0 aliphatic heterocycles. The Kier molecular flexibility index (Phi) is 4.15.